The minimum Gasteiger partial charge on any atom is -0.396 e. The predicted octanol–water partition coefficient (Wildman–Crippen LogP) is 2.53. The Morgan fingerprint density at radius 1 is 1.40 bits per heavy atom. The minimum atomic E-state index is -1.39. The lowest BCUT2D eigenvalue weighted by atomic mass is 10.2. The molecule has 0 spiro atoms. The highest BCUT2D eigenvalue weighted by Crippen LogP contribution is 2.25. The summed E-state index contributed by atoms with van der Waals surface area (Å²) in [5, 5.41) is 10.8. The molecule has 2 rings (SSSR count). The van der Waals surface area contributed by atoms with Crippen LogP contribution in [0.1, 0.15) is 5.56 Å². The fourth-order valence-electron chi connectivity index (χ4n) is 1.59. The van der Waals surface area contributed by atoms with Gasteiger partial charge in [-0.2, -0.15) is 0 Å². The van der Waals surface area contributed by atoms with Crippen LogP contribution in [0.5, 0.6) is 0 Å². The van der Waals surface area contributed by atoms with Crippen molar-refractivity contribution in [2.45, 2.75) is 10.6 Å². The second-order valence-electron chi connectivity index (χ2n) is 3.94. The molecular formula is C12H10ClN3O3S. The highest BCUT2D eigenvalue weighted by Gasteiger charge is 2.14. The van der Waals surface area contributed by atoms with E-state index < -0.39 is 15.7 Å². The van der Waals surface area contributed by atoms with E-state index in [1.54, 1.807) is 6.07 Å². The number of rotatable bonds is 4. The van der Waals surface area contributed by atoms with Crippen LogP contribution in [0.3, 0.4) is 0 Å². The summed E-state index contributed by atoms with van der Waals surface area (Å²) in [4.78, 5) is 14.4. The fraction of sp³-hybridized carbons (Fsp3) is 0.0833. The third-order valence-electron chi connectivity index (χ3n) is 2.59. The molecule has 8 heteroatoms. The predicted molar refractivity (Wildman–Crippen MR) is 76.9 cm³/mol. The van der Waals surface area contributed by atoms with Crippen molar-refractivity contribution in [2.75, 3.05) is 5.73 Å². The number of nitro benzene ring substituents is 1. The number of nitrogens with two attached hydrogens (primary N) is 1. The Kier molecular flexibility index (Phi) is 4.31. The second-order valence-corrected chi connectivity index (χ2v) is 5.76. The van der Waals surface area contributed by atoms with E-state index in [0.29, 0.717) is 16.1 Å². The number of aromatic nitrogens is 1. The Labute approximate surface area is 122 Å². The van der Waals surface area contributed by atoms with Crippen molar-refractivity contribution < 1.29 is 9.13 Å². The summed E-state index contributed by atoms with van der Waals surface area (Å²) in [6.45, 7) is 0. The first-order chi connectivity index (χ1) is 9.49. The van der Waals surface area contributed by atoms with Gasteiger partial charge in [0.15, 0.2) is 0 Å². The lowest BCUT2D eigenvalue weighted by Crippen LogP contribution is -2.02. The van der Waals surface area contributed by atoms with Crippen molar-refractivity contribution in [3.05, 3.63) is 57.4 Å². The first-order valence-corrected chi connectivity index (χ1v) is 7.19. The maximum absolute atomic E-state index is 12.2. The maximum atomic E-state index is 12.2. The minimum absolute atomic E-state index is 0.104. The van der Waals surface area contributed by atoms with E-state index in [4.69, 9.17) is 17.3 Å². The summed E-state index contributed by atoms with van der Waals surface area (Å²) in [5.41, 5.74) is 6.49. The standard InChI is InChI=1S/C12H10ClN3O3S/c13-10-5-9(16(17)18)2-1-8(10)7-20(19)12-3-4-15-6-11(12)14/h1-6H,7,14H2. The zero-order chi connectivity index (χ0) is 14.7. The van der Waals surface area contributed by atoms with Gasteiger partial charge in [0.1, 0.15) is 0 Å². The molecule has 2 N–H and O–H groups in total. The van der Waals surface area contributed by atoms with E-state index in [-0.39, 0.29) is 16.5 Å². The second kappa shape index (κ2) is 5.98. The van der Waals surface area contributed by atoms with E-state index in [0.717, 1.165) is 0 Å². The van der Waals surface area contributed by atoms with Crippen molar-refractivity contribution in [3.8, 4) is 0 Å². The van der Waals surface area contributed by atoms with Crippen LogP contribution in [0.2, 0.25) is 5.02 Å². The molecule has 1 heterocycles. The summed E-state index contributed by atoms with van der Waals surface area (Å²) in [6.07, 6.45) is 2.92. The number of pyridine rings is 1. The Balaban J connectivity index is 2.25. The molecule has 1 aromatic heterocycles. The SMILES string of the molecule is Nc1cnccc1S(=O)Cc1ccc([N+](=O)[O-])cc1Cl. The number of benzene rings is 1. The van der Waals surface area contributed by atoms with Crippen LogP contribution in [0.25, 0.3) is 0 Å². The molecule has 0 saturated carbocycles. The summed E-state index contributed by atoms with van der Waals surface area (Å²) in [6, 6.07) is 5.64. The Morgan fingerprint density at radius 2 is 2.15 bits per heavy atom. The molecule has 0 aliphatic rings. The molecule has 1 atom stereocenters. The third-order valence-corrected chi connectivity index (χ3v) is 4.38. The molecule has 0 aliphatic carbocycles. The number of halogens is 1. The van der Waals surface area contributed by atoms with Crippen LogP contribution >= 0.6 is 11.6 Å². The van der Waals surface area contributed by atoms with Crippen LogP contribution in [-0.2, 0) is 16.6 Å². The molecule has 0 bridgehead atoms. The van der Waals surface area contributed by atoms with Crippen LogP contribution in [0.15, 0.2) is 41.6 Å². The van der Waals surface area contributed by atoms with Gasteiger partial charge in [-0.25, -0.2) is 0 Å². The topological polar surface area (TPSA) is 99.1 Å². The molecule has 0 saturated heterocycles. The van der Waals surface area contributed by atoms with E-state index in [9.17, 15) is 14.3 Å². The number of nitrogens with zero attached hydrogens (tertiary/aromatic N) is 2. The van der Waals surface area contributed by atoms with Gasteiger partial charge in [0.25, 0.3) is 5.69 Å². The van der Waals surface area contributed by atoms with Crippen molar-refractivity contribution in [3.63, 3.8) is 0 Å². The molecule has 1 aromatic carbocycles. The molecule has 0 radical (unpaired) electrons. The molecule has 1 unspecified atom stereocenters. The summed E-state index contributed by atoms with van der Waals surface area (Å²) in [5.74, 6) is 0.130. The van der Waals surface area contributed by atoms with E-state index in [1.165, 1.54) is 30.6 Å². The highest BCUT2D eigenvalue weighted by atomic mass is 35.5. The number of hydrogen-bond acceptors (Lipinski definition) is 5. The summed E-state index contributed by atoms with van der Waals surface area (Å²) >= 11 is 5.96. The van der Waals surface area contributed by atoms with Crippen LogP contribution in [-0.4, -0.2) is 14.1 Å². The van der Waals surface area contributed by atoms with E-state index in [2.05, 4.69) is 4.98 Å². The first-order valence-electron chi connectivity index (χ1n) is 5.49. The van der Waals surface area contributed by atoms with Crippen molar-refractivity contribution in [2.24, 2.45) is 0 Å². The summed E-state index contributed by atoms with van der Waals surface area (Å²) < 4.78 is 12.2. The van der Waals surface area contributed by atoms with Gasteiger partial charge in [0, 0.05) is 18.3 Å². The zero-order valence-electron chi connectivity index (χ0n) is 10.2. The van der Waals surface area contributed by atoms with Gasteiger partial charge < -0.3 is 5.73 Å². The number of nitro groups is 1. The summed E-state index contributed by atoms with van der Waals surface area (Å²) in [7, 11) is -1.39. The van der Waals surface area contributed by atoms with Crippen molar-refractivity contribution >= 4 is 33.8 Å². The molecular weight excluding hydrogens is 302 g/mol. The van der Waals surface area contributed by atoms with Gasteiger partial charge in [-0.3, -0.25) is 19.3 Å². The molecule has 2 aromatic rings. The monoisotopic (exact) mass is 311 g/mol. The van der Waals surface area contributed by atoms with E-state index >= 15 is 0 Å². The molecule has 0 fully saturated rings. The quantitative estimate of drug-likeness (QED) is 0.691. The van der Waals surface area contributed by atoms with Gasteiger partial charge in [0.2, 0.25) is 0 Å². The molecule has 0 amide bonds. The van der Waals surface area contributed by atoms with Gasteiger partial charge >= 0.3 is 0 Å². The van der Waals surface area contributed by atoms with Gasteiger partial charge in [-0.15, -0.1) is 0 Å². The van der Waals surface area contributed by atoms with Gasteiger partial charge in [0.05, 0.1) is 43.3 Å². The van der Waals surface area contributed by atoms with Crippen molar-refractivity contribution in [1.82, 2.24) is 4.98 Å². The van der Waals surface area contributed by atoms with Crippen LogP contribution in [0.4, 0.5) is 11.4 Å². The highest BCUT2D eigenvalue weighted by molar-refractivity contribution is 7.84. The molecule has 104 valence electrons. The first kappa shape index (κ1) is 14.4. The van der Waals surface area contributed by atoms with Crippen molar-refractivity contribution in [1.29, 1.82) is 0 Å². The lowest BCUT2D eigenvalue weighted by Gasteiger charge is -2.06. The Morgan fingerprint density at radius 3 is 2.75 bits per heavy atom. The normalized spacial score (nSPS) is 12.1. The Hall–Kier alpha value is -1.99. The van der Waals surface area contributed by atoms with Gasteiger partial charge in [-0.1, -0.05) is 11.6 Å². The number of nitrogen functional groups attached to an aromatic ring is 1. The fourth-order valence-corrected chi connectivity index (χ4v) is 3.13. The average Bonchev–Trinajstić information content (AvgIpc) is 2.41. The molecule has 6 nitrogen and oxygen atoms in total. The third kappa shape index (κ3) is 3.12. The van der Waals surface area contributed by atoms with Gasteiger partial charge in [-0.05, 0) is 17.7 Å². The average molecular weight is 312 g/mol. The van der Waals surface area contributed by atoms with Crippen LogP contribution < -0.4 is 5.73 Å². The largest absolute Gasteiger partial charge is 0.396 e. The number of non-ortho nitro benzene ring substituents is 1. The molecule has 20 heavy (non-hydrogen) atoms. The maximum Gasteiger partial charge on any atom is 0.270 e. The van der Waals surface area contributed by atoms with E-state index in [1.807, 2.05) is 0 Å². The Bertz CT molecular complexity index is 693. The number of anilines is 1. The molecule has 0 aliphatic heterocycles. The zero-order valence-corrected chi connectivity index (χ0v) is 11.7. The smallest absolute Gasteiger partial charge is 0.270 e. The van der Waals surface area contributed by atoms with Crippen LogP contribution in [0, 0.1) is 10.1 Å². The lowest BCUT2D eigenvalue weighted by molar-refractivity contribution is -0.384. The number of hydrogen-bond donors (Lipinski definition) is 1.